The Morgan fingerprint density at radius 2 is 1.95 bits per heavy atom. The first-order chi connectivity index (χ1) is 10.5. The van der Waals surface area contributed by atoms with Gasteiger partial charge in [0.1, 0.15) is 11.5 Å². The van der Waals surface area contributed by atoms with Gasteiger partial charge in [-0.2, -0.15) is 5.10 Å². The number of hydrazone groups is 1. The Morgan fingerprint density at radius 3 is 2.64 bits per heavy atom. The first-order valence-corrected chi connectivity index (χ1v) is 8.09. The van der Waals surface area contributed by atoms with Gasteiger partial charge in [-0.15, -0.1) is 0 Å². The second-order valence-electron chi connectivity index (χ2n) is 4.52. The fourth-order valence-corrected chi connectivity index (χ4v) is 2.67. The second kappa shape index (κ2) is 6.95. The highest BCUT2D eigenvalue weighted by Crippen LogP contribution is 2.20. The van der Waals surface area contributed by atoms with Crippen LogP contribution in [0, 0.1) is 0 Å². The topological polar surface area (TPSA) is 88.0 Å². The number of ether oxygens (including phenoxy) is 1. The van der Waals surface area contributed by atoms with Crippen LogP contribution in [-0.4, -0.2) is 26.8 Å². The number of nitrogens with one attached hydrogen (secondary N) is 1. The number of aromatic hydroxyl groups is 1. The Labute approximate surface area is 129 Å². The Balaban J connectivity index is 2.05. The summed E-state index contributed by atoms with van der Waals surface area (Å²) in [6.07, 6.45) is 1.22. The van der Waals surface area contributed by atoms with Gasteiger partial charge in [-0.1, -0.05) is 30.3 Å². The molecule has 116 valence electrons. The van der Waals surface area contributed by atoms with E-state index in [4.69, 9.17) is 4.74 Å². The lowest BCUT2D eigenvalue weighted by Gasteiger charge is -2.04. The van der Waals surface area contributed by atoms with Gasteiger partial charge in [0.25, 0.3) is 10.0 Å². The van der Waals surface area contributed by atoms with Crippen molar-refractivity contribution >= 4 is 16.2 Å². The molecule has 0 radical (unpaired) electrons. The zero-order valence-corrected chi connectivity index (χ0v) is 12.7. The van der Waals surface area contributed by atoms with Crippen molar-refractivity contribution in [1.82, 2.24) is 4.83 Å². The fourth-order valence-electron chi connectivity index (χ4n) is 1.77. The molecule has 0 bridgehead atoms. The van der Waals surface area contributed by atoms with Gasteiger partial charge in [-0.25, -0.2) is 13.2 Å². The highest BCUT2D eigenvalue weighted by atomic mass is 32.2. The fraction of sp³-hybridized carbons (Fsp3) is 0.133. The smallest absolute Gasteiger partial charge is 0.251 e. The van der Waals surface area contributed by atoms with E-state index in [2.05, 4.69) is 9.93 Å². The van der Waals surface area contributed by atoms with Crippen LogP contribution in [0.4, 0.5) is 0 Å². The maximum atomic E-state index is 11.9. The number of phenols is 1. The molecular formula is C15H16N2O4S. The monoisotopic (exact) mass is 320 g/mol. The molecular weight excluding hydrogens is 304 g/mol. The molecule has 0 aliphatic rings. The average molecular weight is 320 g/mol. The lowest BCUT2D eigenvalue weighted by atomic mass is 10.2. The van der Waals surface area contributed by atoms with E-state index in [1.165, 1.54) is 19.4 Å². The van der Waals surface area contributed by atoms with Gasteiger partial charge in [0.05, 0.1) is 19.1 Å². The molecule has 2 aromatic rings. The standard InChI is InChI=1S/C15H16N2O4S/c1-21-14-7-8-15(18)13(9-14)10-16-17-22(19,20)11-12-5-3-2-4-6-12/h2-10,17-18H,11H2,1H3/b16-10+. The number of hydrogen-bond acceptors (Lipinski definition) is 5. The predicted octanol–water partition coefficient (Wildman–Crippen LogP) is 1.85. The summed E-state index contributed by atoms with van der Waals surface area (Å²) >= 11 is 0. The van der Waals surface area contributed by atoms with Gasteiger partial charge >= 0.3 is 0 Å². The number of sulfonamides is 1. The minimum absolute atomic E-state index is 0.0215. The van der Waals surface area contributed by atoms with Gasteiger partial charge in [0.2, 0.25) is 0 Å². The lowest BCUT2D eigenvalue weighted by Crippen LogP contribution is -2.20. The minimum Gasteiger partial charge on any atom is -0.507 e. The molecule has 0 atom stereocenters. The number of benzene rings is 2. The van der Waals surface area contributed by atoms with E-state index in [1.54, 1.807) is 36.4 Å². The lowest BCUT2D eigenvalue weighted by molar-refractivity contribution is 0.412. The average Bonchev–Trinajstić information content (AvgIpc) is 2.49. The normalized spacial score (nSPS) is 11.5. The molecule has 0 fully saturated rings. The molecule has 0 aliphatic carbocycles. The largest absolute Gasteiger partial charge is 0.507 e. The van der Waals surface area contributed by atoms with E-state index in [9.17, 15) is 13.5 Å². The van der Waals surface area contributed by atoms with E-state index in [0.29, 0.717) is 16.9 Å². The van der Waals surface area contributed by atoms with Crippen LogP contribution >= 0.6 is 0 Å². The highest BCUT2D eigenvalue weighted by Gasteiger charge is 2.09. The Kier molecular flexibility index (Phi) is 5.00. The van der Waals surface area contributed by atoms with Crippen LogP contribution in [0.1, 0.15) is 11.1 Å². The third kappa shape index (κ3) is 4.49. The maximum Gasteiger partial charge on any atom is 0.251 e. The summed E-state index contributed by atoms with van der Waals surface area (Å²) in [6.45, 7) is 0. The quantitative estimate of drug-likeness (QED) is 0.628. The summed E-state index contributed by atoms with van der Waals surface area (Å²) in [6, 6.07) is 13.4. The molecule has 0 saturated heterocycles. The second-order valence-corrected chi connectivity index (χ2v) is 6.22. The third-order valence-corrected chi connectivity index (χ3v) is 3.93. The molecule has 6 nitrogen and oxygen atoms in total. The number of methoxy groups -OCH3 is 1. The van der Waals surface area contributed by atoms with Crippen LogP contribution in [0.2, 0.25) is 0 Å². The van der Waals surface area contributed by atoms with Gasteiger partial charge < -0.3 is 9.84 Å². The van der Waals surface area contributed by atoms with Gasteiger partial charge in [-0.3, -0.25) is 0 Å². The van der Waals surface area contributed by atoms with Crippen LogP contribution in [-0.2, 0) is 15.8 Å². The van der Waals surface area contributed by atoms with E-state index >= 15 is 0 Å². The third-order valence-electron chi connectivity index (χ3n) is 2.83. The molecule has 2 rings (SSSR count). The molecule has 0 heterocycles. The number of phenolic OH excluding ortho intramolecular Hbond substituents is 1. The zero-order valence-electron chi connectivity index (χ0n) is 11.9. The SMILES string of the molecule is COc1ccc(O)c(/C=N/NS(=O)(=O)Cc2ccccc2)c1. The van der Waals surface area contributed by atoms with Crippen LogP contribution in [0.5, 0.6) is 11.5 Å². The molecule has 0 spiro atoms. The molecule has 7 heteroatoms. The summed E-state index contributed by atoms with van der Waals surface area (Å²) in [4.78, 5) is 2.11. The molecule has 0 unspecified atom stereocenters. The summed E-state index contributed by atoms with van der Waals surface area (Å²) in [7, 11) is -2.10. The van der Waals surface area contributed by atoms with Crippen molar-refractivity contribution in [3.05, 3.63) is 59.7 Å². The maximum absolute atomic E-state index is 11.9. The van der Waals surface area contributed by atoms with Crippen molar-refractivity contribution in [2.24, 2.45) is 5.10 Å². The van der Waals surface area contributed by atoms with Gasteiger partial charge in [0, 0.05) is 5.56 Å². The first-order valence-electron chi connectivity index (χ1n) is 6.43. The molecule has 2 N–H and O–H groups in total. The summed E-state index contributed by atoms with van der Waals surface area (Å²) in [5.41, 5.74) is 1.01. The minimum atomic E-state index is -3.59. The molecule has 0 amide bonds. The summed E-state index contributed by atoms with van der Waals surface area (Å²) < 4.78 is 28.8. The number of nitrogens with zero attached hydrogens (tertiary/aromatic N) is 1. The Bertz CT molecular complexity index is 758. The molecule has 0 aromatic heterocycles. The van der Waals surface area contributed by atoms with Crippen LogP contribution in [0.25, 0.3) is 0 Å². The highest BCUT2D eigenvalue weighted by molar-refractivity contribution is 7.88. The van der Waals surface area contributed by atoms with Crippen LogP contribution < -0.4 is 9.57 Å². The van der Waals surface area contributed by atoms with Gasteiger partial charge in [-0.05, 0) is 23.8 Å². The molecule has 22 heavy (non-hydrogen) atoms. The summed E-state index contributed by atoms with van der Waals surface area (Å²) in [5, 5.41) is 13.3. The van der Waals surface area contributed by atoms with E-state index in [0.717, 1.165) is 0 Å². The van der Waals surface area contributed by atoms with Crippen molar-refractivity contribution in [2.75, 3.05) is 7.11 Å². The van der Waals surface area contributed by atoms with Crippen LogP contribution in [0.3, 0.4) is 0 Å². The predicted molar refractivity (Wildman–Crippen MR) is 84.5 cm³/mol. The Morgan fingerprint density at radius 1 is 1.23 bits per heavy atom. The van der Waals surface area contributed by atoms with Crippen molar-refractivity contribution in [3.63, 3.8) is 0 Å². The molecule has 0 saturated carbocycles. The van der Waals surface area contributed by atoms with E-state index in [1.807, 2.05) is 6.07 Å². The van der Waals surface area contributed by atoms with Crippen LogP contribution in [0.15, 0.2) is 53.6 Å². The molecule has 2 aromatic carbocycles. The van der Waals surface area contributed by atoms with E-state index < -0.39 is 10.0 Å². The number of rotatable bonds is 6. The van der Waals surface area contributed by atoms with E-state index in [-0.39, 0.29) is 11.5 Å². The summed E-state index contributed by atoms with van der Waals surface area (Å²) in [5.74, 6) is 0.341. The van der Waals surface area contributed by atoms with Crippen molar-refractivity contribution in [1.29, 1.82) is 0 Å². The van der Waals surface area contributed by atoms with Crippen molar-refractivity contribution < 1.29 is 18.3 Å². The van der Waals surface area contributed by atoms with Crippen molar-refractivity contribution in [3.8, 4) is 11.5 Å². The number of hydrogen-bond donors (Lipinski definition) is 2. The Hall–Kier alpha value is -2.54. The van der Waals surface area contributed by atoms with Gasteiger partial charge in [0.15, 0.2) is 0 Å². The van der Waals surface area contributed by atoms with Crippen molar-refractivity contribution in [2.45, 2.75) is 5.75 Å². The first kappa shape index (κ1) is 15.8. The molecule has 0 aliphatic heterocycles. The zero-order chi connectivity index (χ0) is 16.0.